The van der Waals surface area contributed by atoms with Crippen LogP contribution in [0, 0.1) is 0 Å². The zero-order valence-electron chi connectivity index (χ0n) is 10.8. The number of alkyl halides is 1. The molecule has 2 rings (SSSR count). The second-order valence-corrected chi connectivity index (χ2v) is 4.02. The molecule has 2 N–H and O–H groups in total. The Balaban J connectivity index is 0.000000686. The van der Waals surface area contributed by atoms with E-state index >= 15 is 0 Å². The molecule has 0 saturated carbocycles. The average molecular weight is 242 g/mol. The number of rotatable bonds is 3. The number of nitrogens with zero attached hydrogens (tertiary/aromatic N) is 3. The molecule has 1 saturated heterocycles. The molecule has 1 fully saturated rings. The molecule has 1 aromatic heterocycles. The normalized spacial score (nSPS) is 17.6. The van der Waals surface area contributed by atoms with E-state index < -0.39 is 0 Å². The van der Waals surface area contributed by atoms with E-state index in [2.05, 4.69) is 10.00 Å². The number of nitrogen functional groups attached to an aromatic ring is 1. The number of halogens is 1. The molecule has 1 aliphatic heterocycles. The number of nitrogens with two attached hydrogens (primary N) is 1. The lowest BCUT2D eigenvalue weighted by Gasteiger charge is -2.31. The molecule has 0 atom stereocenters. The number of piperidine rings is 1. The fourth-order valence-electron chi connectivity index (χ4n) is 2.08. The minimum absolute atomic E-state index is 0.251. The Kier molecular flexibility index (Phi) is 5.97. The van der Waals surface area contributed by atoms with Crippen molar-refractivity contribution >= 4 is 5.69 Å². The molecule has 17 heavy (non-hydrogen) atoms. The molecular formula is C12H23FN4. The van der Waals surface area contributed by atoms with Gasteiger partial charge >= 0.3 is 0 Å². The molecule has 0 radical (unpaired) electrons. The molecule has 1 aromatic rings. The van der Waals surface area contributed by atoms with E-state index in [-0.39, 0.29) is 6.67 Å². The molecule has 0 aliphatic carbocycles. The van der Waals surface area contributed by atoms with E-state index in [1.54, 1.807) is 6.20 Å². The molecule has 0 aromatic carbocycles. The molecule has 4 nitrogen and oxygen atoms in total. The first-order valence-electron chi connectivity index (χ1n) is 6.37. The van der Waals surface area contributed by atoms with Crippen molar-refractivity contribution in [1.29, 1.82) is 0 Å². The van der Waals surface area contributed by atoms with Gasteiger partial charge < -0.3 is 10.6 Å². The van der Waals surface area contributed by atoms with E-state index in [1.807, 2.05) is 24.7 Å². The second-order valence-electron chi connectivity index (χ2n) is 4.02. The highest BCUT2D eigenvalue weighted by atomic mass is 19.1. The van der Waals surface area contributed by atoms with Crippen LogP contribution in [0.4, 0.5) is 10.1 Å². The minimum Gasteiger partial charge on any atom is -0.396 e. The minimum atomic E-state index is -0.251. The van der Waals surface area contributed by atoms with Crippen molar-refractivity contribution in [3.63, 3.8) is 0 Å². The van der Waals surface area contributed by atoms with Gasteiger partial charge in [-0.15, -0.1) is 0 Å². The van der Waals surface area contributed by atoms with Gasteiger partial charge in [0.05, 0.1) is 17.9 Å². The Bertz CT molecular complexity index is 305. The van der Waals surface area contributed by atoms with Crippen LogP contribution in [0.2, 0.25) is 0 Å². The first kappa shape index (κ1) is 14.0. The molecule has 0 spiro atoms. The molecule has 0 amide bonds. The SMILES string of the molecule is CC.Nc1cnn(C2CCN(CCF)CC2)c1. The van der Waals surface area contributed by atoms with Gasteiger partial charge in [0.1, 0.15) is 6.67 Å². The molecule has 2 heterocycles. The number of hydrogen-bond acceptors (Lipinski definition) is 3. The van der Waals surface area contributed by atoms with Crippen molar-refractivity contribution in [1.82, 2.24) is 14.7 Å². The molecule has 0 bridgehead atoms. The van der Waals surface area contributed by atoms with Crippen LogP contribution in [0.1, 0.15) is 32.7 Å². The highest BCUT2D eigenvalue weighted by molar-refractivity contribution is 5.30. The Labute approximate surface area is 103 Å². The largest absolute Gasteiger partial charge is 0.396 e. The summed E-state index contributed by atoms with van der Waals surface area (Å²) >= 11 is 0. The fourth-order valence-corrected chi connectivity index (χ4v) is 2.08. The summed E-state index contributed by atoms with van der Waals surface area (Å²) < 4.78 is 14.1. The Morgan fingerprint density at radius 2 is 2.06 bits per heavy atom. The van der Waals surface area contributed by atoms with Gasteiger partial charge in [-0.1, -0.05) is 13.8 Å². The predicted octanol–water partition coefficient (Wildman–Crippen LogP) is 2.10. The van der Waals surface area contributed by atoms with Gasteiger partial charge in [0.15, 0.2) is 0 Å². The van der Waals surface area contributed by atoms with Crippen molar-refractivity contribution in [2.45, 2.75) is 32.7 Å². The fraction of sp³-hybridized carbons (Fsp3) is 0.750. The van der Waals surface area contributed by atoms with Gasteiger partial charge in [-0.25, -0.2) is 4.39 Å². The monoisotopic (exact) mass is 242 g/mol. The maximum Gasteiger partial charge on any atom is 0.102 e. The summed E-state index contributed by atoms with van der Waals surface area (Å²) in [5, 5.41) is 4.21. The third kappa shape index (κ3) is 4.00. The standard InChI is InChI=1S/C10H17FN4.C2H6/c11-3-6-14-4-1-10(2-5-14)15-8-9(12)7-13-15;1-2/h7-8,10H,1-6,12H2;1-2H3. The zero-order valence-corrected chi connectivity index (χ0v) is 10.8. The lowest BCUT2D eigenvalue weighted by Crippen LogP contribution is -2.36. The van der Waals surface area contributed by atoms with Gasteiger partial charge in [-0.05, 0) is 12.8 Å². The van der Waals surface area contributed by atoms with Crippen LogP contribution in [0.3, 0.4) is 0 Å². The maximum absolute atomic E-state index is 12.1. The van der Waals surface area contributed by atoms with Gasteiger partial charge in [-0.2, -0.15) is 5.10 Å². The van der Waals surface area contributed by atoms with E-state index in [4.69, 9.17) is 5.73 Å². The summed E-state index contributed by atoms with van der Waals surface area (Å²) in [6.45, 7) is 6.22. The number of likely N-dealkylation sites (tertiary alicyclic amines) is 1. The summed E-state index contributed by atoms with van der Waals surface area (Å²) in [7, 11) is 0. The van der Waals surface area contributed by atoms with E-state index in [9.17, 15) is 4.39 Å². The van der Waals surface area contributed by atoms with Crippen LogP contribution in [-0.2, 0) is 0 Å². The van der Waals surface area contributed by atoms with Crippen LogP contribution in [0.5, 0.6) is 0 Å². The summed E-state index contributed by atoms with van der Waals surface area (Å²) in [4.78, 5) is 2.16. The van der Waals surface area contributed by atoms with Crippen molar-refractivity contribution in [3.8, 4) is 0 Å². The van der Waals surface area contributed by atoms with Crippen molar-refractivity contribution in [3.05, 3.63) is 12.4 Å². The maximum atomic E-state index is 12.1. The van der Waals surface area contributed by atoms with Crippen LogP contribution < -0.4 is 5.73 Å². The summed E-state index contributed by atoms with van der Waals surface area (Å²) in [6, 6.07) is 0.429. The highest BCUT2D eigenvalue weighted by Crippen LogP contribution is 2.22. The molecule has 5 heteroatoms. The van der Waals surface area contributed by atoms with Crippen molar-refractivity contribution in [2.24, 2.45) is 0 Å². The summed E-state index contributed by atoms with van der Waals surface area (Å²) in [6.07, 6.45) is 5.60. The second kappa shape index (κ2) is 7.27. The van der Waals surface area contributed by atoms with E-state index in [0.717, 1.165) is 25.9 Å². The van der Waals surface area contributed by atoms with Gasteiger partial charge in [-0.3, -0.25) is 4.68 Å². The molecular weight excluding hydrogens is 219 g/mol. The molecule has 1 aliphatic rings. The lowest BCUT2D eigenvalue weighted by molar-refractivity contribution is 0.169. The van der Waals surface area contributed by atoms with Crippen molar-refractivity contribution < 1.29 is 4.39 Å². The van der Waals surface area contributed by atoms with Crippen LogP contribution in [0.15, 0.2) is 12.4 Å². The van der Waals surface area contributed by atoms with E-state index in [1.165, 1.54) is 0 Å². The highest BCUT2D eigenvalue weighted by Gasteiger charge is 2.20. The number of aromatic nitrogens is 2. The molecule has 98 valence electrons. The number of anilines is 1. The third-order valence-corrected chi connectivity index (χ3v) is 2.95. The van der Waals surface area contributed by atoms with Crippen LogP contribution in [-0.4, -0.2) is 41.0 Å². The zero-order chi connectivity index (χ0) is 12.7. The Hall–Kier alpha value is -1.10. The topological polar surface area (TPSA) is 47.1 Å². The Morgan fingerprint density at radius 1 is 1.41 bits per heavy atom. The first-order valence-corrected chi connectivity index (χ1v) is 6.37. The quantitative estimate of drug-likeness (QED) is 0.883. The van der Waals surface area contributed by atoms with Gasteiger partial charge in [0, 0.05) is 25.8 Å². The van der Waals surface area contributed by atoms with Gasteiger partial charge in [0.2, 0.25) is 0 Å². The summed E-state index contributed by atoms with van der Waals surface area (Å²) in [5.41, 5.74) is 6.33. The van der Waals surface area contributed by atoms with Crippen LogP contribution >= 0.6 is 0 Å². The van der Waals surface area contributed by atoms with Crippen LogP contribution in [0.25, 0.3) is 0 Å². The van der Waals surface area contributed by atoms with Crippen molar-refractivity contribution in [2.75, 3.05) is 32.0 Å². The predicted molar refractivity (Wildman–Crippen MR) is 68.7 cm³/mol. The Morgan fingerprint density at radius 3 is 2.53 bits per heavy atom. The average Bonchev–Trinajstić information content (AvgIpc) is 2.80. The molecule has 0 unspecified atom stereocenters. The summed E-state index contributed by atoms with van der Waals surface area (Å²) in [5.74, 6) is 0. The smallest absolute Gasteiger partial charge is 0.102 e. The first-order chi connectivity index (χ1) is 8.29. The third-order valence-electron chi connectivity index (χ3n) is 2.95. The number of hydrogen-bond donors (Lipinski definition) is 1. The van der Waals surface area contributed by atoms with E-state index in [0.29, 0.717) is 18.3 Å². The lowest BCUT2D eigenvalue weighted by atomic mass is 10.1. The van der Waals surface area contributed by atoms with Gasteiger partial charge in [0.25, 0.3) is 0 Å².